The number of halogens is 1. The summed E-state index contributed by atoms with van der Waals surface area (Å²) in [7, 11) is 0. The lowest BCUT2D eigenvalue weighted by Crippen LogP contribution is -2.22. The largest absolute Gasteiger partial charge is 0.347 e. The summed E-state index contributed by atoms with van der Waals surface area (Å²) in [5.74, 6) is 0.543. The van der Waals surface area contributed by atoms with Crippen LogP contribution in [0.5, 0.6) is 0 Å². The van der Waals surface area contributed by atoms with Crippen LogP contribution in [0.1, 0.15) is 39.6 Å². The van der Waals surface area contributed by atoms with Crippen molar-refractivity contribution in [3.63, 3.8) is 0 Å². The number of amides is 1. The second-order valence-corrected chi connectivity index (χ2v) is 6.90. The van der Waals surface area contributed by atoms with Crippen molar-refractivity contribution in [3.8, 4) is 0 Å². The zero-order valence-electron chi connectivity index (χ0n) is 11.7. The standard InChI is InChI=1S/C16H14ClN3OS/c17-10-5-15(22-8-10)16(21)18-6-12-11(9-1-2-9)3-4-14-13(12)7-19-20-14/h3-5,7-9H,1-2,6H2,(H,18,21)(H,19,20). The molecule has 1 saturated carbocycles. The lowest BCUT2D eigenvalue weighted by Gasteiger charge is -2.11. The van der Waals surface area contributed by atoms with Crippen LogP contribution >= 0.6 is 22.9 Å². The van der Waals surface area contributed by atoms with Gasteiger partial charge in [0.1, 0.15) is 0 Å². The van der Waals surface area contributed by atoms with Crippen LogP contribution in [0.25, 0.3) is 10.9 Å². The van der Waals surface area contributed by atoms with Gasteiger partial charge in [-0.3, -0.25) is 9.89 Å². The van der Waals surface area contributed by atoms with Gasteiger partial charge in [0.05, 0.1) is 21.6 Å². The van der Waals surface area contributed by atoms with E-state index in [0.29, 0.717) is 22.4 Å². The predicted octanol–water partition coefficient (Wildman–Crippen LogP) is 4.09. The predicted molar refractivity (Wildman–Crippen MR) is 88.6 cm³/mol. The van der Waals surface area contributed by atoms with Crippen molar-refractivity contribution in [2.75, 3.05) is 0 Å². The van der Waals surface area contributed by atoms with Crippen molar-refractivity contribution in [1.29, 1.82) is 0 Å². The second kappa shape index (κ2) is 5.41. The highest BCUT2D eigenvalue weighted by atomic mass is 35.5. The smallest absolute Gasteiger partial charge is 0.261 e. The molecule has 0 radical (unpaired) electrons. The molecule has 6 heteroatoms. The molecule has 1 aromatic carbocycles. The summed E-state index contributed by atoms with van der Waals surface area (Å²) in [5.41, 5.74) is 3.51. The molecule has 1 aliphatic rings. The number of thiophene rings is 1. The number of rotatable bonds is 4. The number of aromatic nitrogens is 2. The van der Waals surface area contributed by atoms with Gasteiger partial charge in [-0.15, -0.1) is 11.3 Å². The maximum Gasteiger partial charge on any atom is 0.261 e. The van der Waals surface area contributed by atoms with Crippen LogP contribution in [0.15, 0.2) is 29.8 Å². The number of carbonyl (C=O) groups is 1. The number of nitrogens with one attached hydrogen (secondary N) is 2. The van der Waals surface area contributed by atoms with E-state index in [1.54, 1.807) is 11.4 Å². The van der Waals surface area contributed by atoms with E-state index < -0.39 is 0 Å². The van der Waals surface area contributed by atoms with Crippen molar-refractivity contribution < 1.29 is 4.79 Å². The van der Waals surface area contributed by atoms with Gasteiger partial charge in [0.2, 0.25) is 0 Å². The third-order valence-electron chi connectivity index (χ3n) is 4.01. The van der Waals surface area contributed by atoms with E-state index in [1.165, 1.54) is 35.3 Å². The Labute approximate surface area is 136 Å². The SMILES string of the molecule is O=C(NCc1c(C2CC2)ccc2[nH]ncc12)c1cc(Cl)cs1. The first-order valence-corrected chi connectivity index (χ1v) is 8.45. The minimum absolute atomic E-state index is 0.0841. The van der Waals surface area contributed by atoms with E-state index in [9.17, 15) is 4.79 Å². The first-order valence-electron chi connectivity index (χ1n) is 7.19. The van der Waals surface area contributed by atoms with Crippen molar-refractivity contribution in [2.45, 2.75) is 25.3 Å². The van der Waals surface area contributed by atoms with E-state index in [0.717, 1.165) is 10.9 Å². The number of hydrogen-bond donors (Lipinski definition) is 2. The number of H-pyrrole nitrogens is 1. The number of carbonyl (C=O) groups excluding carboxylic acids is 1. The van der Waals surface area contributed by atoms with Gasteiger partial charge in [0.25, 0.3) is 5.91 Å². The summed E-state index contributed by atoms with van der Waals surface area (Å²) >= 11 is 7.24. The van der Waals surface area contributed by atoms with Crippen molar-refractivity contribution in [2.24, 2.45) is 0 Å². The van der Waals surface area contributed by atoms with Gasteiger partial charge in [0, 0.05) is 17.3 Å². The molecular weight excluding hydrogens is 318 g/mol. The Kier molecular flexibility index (Phi) is 3.39. The lowest BCUT2D eigenvalue weighted by atomic mass is 9.99. The molecule has 2 heterocycles. The molecule has 1 aliphatic carbocycles. The van der Waals surface area contributed by atoms with Crippen molar-refractivity contribution >= 4 is 39.7 Å². The minimum Gasteiger partial charge on any atom is -0.347 e. The molecule has 0 aliphatic heterocycles. The maximum atomic E-state index is 12.2. The van der Waals surface area contributed by atoms with Crippen LogP contribution in [0, 0.1) is 0 Å². The fourth-order valence-corrected chi connectivity index (χ4v) is 3.74. The minimum atomic E-state index is -0.0841. The van der Waals surface area contributed by atoms with E-state index in [1.807, 2.05) is 6.20 Å². The fourth-order valence-electron chi connectivity index (χ4n) is 2.75. The molecule has 2 N–H and O–H groups in total. The van der Waals surface area contributed by atoms with Crippen LogP contribution in [0.3, 0.4) is 0 Å². The molecular formula is C16H14ClN3OS. The first-order chi connectivity index (χ1) is 10.7. The third-order valence-corrected chi connectivity index (χ3v) is 5.28. The van der Waals surface area contributed by atoms with Gasteiger partial charge >= 0.3 is 0 Å². The molecule has 2 aromatic heterocycles. The summed E-state index contributed by atoms with van der Waals surface area (Å²) < 4.78 is 0. The average Bonchev–Trinajstić information content (AvgIpc) is 3.07. The lowest BCUT2D eigenvalue weighted by molar-refractivity contribution is 0.0955. The number of nitrogens with zero attached hydrogens (tertiary/aromatic N) is 1. The van der Waals surface area contributed by atoms with Crippen molar-refractivity contribution in [1.82, 2.24) is 15.5 Å². The number of aromatic amines is 1. The van der Waals surface area contributed by atoms with Crippen LogP contribution in [0.2, 0.25) is 5.02 Å². The van der Waals surface area contributed by atoms with Crippen LogP contribution in [0.4, 0.5) is 0 Å². The normalized spacial score (nSPS) is 14.4. The summed E-state index contributed by atoms with van der Waals surface area (Å²) in [4.78, 5) is 12.9. The molecule has 1 fully saturated rings. The Morgan fingerprint density at radius 2 is 2.32 bits per heavy atom. The Morgan fingerprint density at radius 3 is 3.05 bits per heavy atom. The number of benzene rings is 1. The van der Waals surface area contributed by atoms with Gasteiger partial charge in [-0.25, -0.2) is 0 Å². The molecule has 22 heavy (non-hydrogen) atoms. The zero-order valence-corrected chi connectivity index (χ0v) is 13.3. The molecule has 112 valence electrons. The maximum absolute atomic E-state index is 12.2. The van der Waals surface area contributed by atoms with Gasteiger partial charge < -0.3 is 5.32 Å². The molecule has 0 bridgehead atoms. The van der Waals surface area contributed by atoms with E-state index in [4.69, 9.17) is 11.6 Å². The summed E-state index contributed by atoms with van der Waals surface area (Å²) in [5, 5.41) is 13.6. The van der Waals surface area contributed by atoms with E-state index in [2.05, 4.69) is 27.6 Å². The molecule has 3 aromatic rings. The molecule has 1 amide bonds. The molecule has 0 atom stereocenters. The molecule has 4 rings (SSSR count). The van der Waals surface area contributed by atoms with Gasteiger partial charge in [-0.1, -0.05) is 17.7 Å². The Hall–Kier alpha value is -1.85. The van der Waals surface area contributed by atoms with Crippen LogP contribution in [-0.2, 0) is 6.54 Å². The highest BCUT2D eigenvalue weighted by Crippen LogP contribution is 2.43. The quantitative estimate of drug-likeness (QED) is 0.756. The first kappa shape index (κ1) is 13.8. The molecule has 0 unspecified atom stereocenters. The second-order valence-electron chi connectivity index (χ2n) is 5.55. The Morgan fingerprint density at radius 1 is 1.45 bits per heavy atom. The Bertz CT molecular complexity index is 850. The zero-order chi connectivity index (χ0) is 15.1. The fraction of sp³-hybridized carbons (Fsp3) is 0.250. The van der Waals surface area contributed by atoms with E-state index in [-0.39, 0.29) is 5.91 Å². The monoisotopic (exact) mass is 331 g/mol. The molecule has 0 spiro atoms. The topological polar surface area (TPSA) is 57.8 Å². The molecule has 4 nitrogen and oxygen atoms in total. The third kappa shape index (κ3) is 2.51. The Balaban J connectivity index is 1.61. The van der Waals surface area contributed by atoms with Gasteiger partial charge in [0.15, 0.2) is 0 Å². The van der Waals surface area contributed by atoms with Crippen molar-refractivity contribution in [3.05, 3.63) is 50.8 Å². The summed E-state index contributed by atoms with van der Waals surface area (Å²) in [6.07, 6.45) is 4.29. The van der Waals surface area contributed by atoms with Gasteiger partial charge in [-0.2, -0.15) is 5.10 Å². The van der Waals surface area contributed by atoms with Gasteiger partial charge in [-0.05, 0) is 42.0 Å². The van der Waals surface area contributed by atoms with Crippen LogP contribution in [-0.4, -0.2) is 16.1 Å². The number of hydrogen-bond acceptors (Lipinski definition) is 3. The van der Waals surface area contributed by atoms with Crippen LogP contribution < -0.4 is 5.32 Å². The highest BCUT2D eigenvalue weighted by molar-refractivity contribution is 7.12. The summed E-state index contributed by atoms with van der Waals surface area (Å²) in [6, 6.07) is 5.92. The number of fused-ring (bicyclic) bond motifs is 1. The molecule has 0 saturated heterocycles. The highest BCUT2D eigenvalue weighted by Gasteiger charge is 2.27. The average molecular weight is 332 g/mol. The summed E-state index contributed by atoms with van der Waals surface area (Å²) in [6.45, 7) is 0.511. The van der Waals surface area contributed by atoms with E-state index >= 15 is 0 Å².